The summed E-state index contributed by atoms with van der Waals surface area (Å²) in [5.74, 6) is 0. The summed E-state index contributed by atoms with van der Waals surface area (Å²) in [4.78, 5) is 0. The summed E-state index contributed by atoms with van der Waals surface area (Å²) in [5, 5.41) is 3.51. The molecule has 0 saturated heterocycles. The molecule has 0 bridgehead atoms. The molecule has 3 heteroatoms. The number of hydrogen-bond acceptors (Lipinski definition) is 2. The van der Waals surface area contributed by atoms with Crippen LogP contribution in [0.3, 0.4) is 0 Å². The molecule has 2 aromatic rings. The highest BCUT2D eigenvalue weighted by atomic mass is 79.9. The SMILES string of the molecule is Cc1ccc(C)c(C(CN)Nc2ccccc2Br)c1. The third-order valence-electron chi connectivity index (χ3n) is 3.25. The van der Waals surface area contributed by atoms with Crippen molar-refractivity contribution in [3.63, 3.8) is 0 Å². The lowest BCUT2D eigenvalue weighted by molar-refractivity contribution is 0.782. The molecule has 2 rings (SSSR count). The Hall–Kier alpha value is -1.32. The molecule has 0 aromatic heterocycles. The zero-order valence-electron chi connectivity index (χ0n) is 11.3. The molecule has 0 spiro atoms. The van der Waals surface area contributed by atoms with Gasteiger partial charge in [-0.05, 0) is 53.0 Å². The van der Waals surface area contributed by atoms with Crippen LogP contribution in [-0.2, 0) is 0 Å². The van der Waals surface area contributed by atoms with Crippen molar-refractivity contribution >= 4 is 21.6 Å². The highest BCUT2D eigenvalue weighted by Gasteiger charge is 2.13. The maximum absolute atomic E-state index is 5.94. The molecule has 1 atom stereocenters. The molecular formula is C16H19BrN2. The third kappa shape index (κ3) is 3.37. The van der Waals surface area contributed by atoms with Crippen molar-refractivity contribution in [1.82, 2.24) is 0 Å². The maximum atomic E-state index is 5.94. The molecule has 0 fully saturated rings. The van der Waals surface area contributed by atoms with Crippen LogP contribution >= 0.6 is 15.9 Å². The minimum absolute atomic E-state index is 0.124. The molecular weight excluding hydrogens is 300 g/mol. The zero-order chi connectivity index (χ0) is 13.8. The Morgan fingerprint density at radius 3 is 2.58 bits per heavy atom. The molecule has 0 radical (unpaired) electrons. The van der Waals surface area contributed by atoms with E-state index in [9.17, 15) is 0 Å². The molecule has 0 aliphatic carbocycles. The first-order valence-electron chi connectivity index (χ1n) is 6.40. The third-order valence-corrected chi connectivity index (χ3v) is 3.94. The van der Waals surface area contributed by atoms with Crippen LogP contribution in [0, 0.1) is 13.8 Å². The van der Waals surface area contributed by atoms with E-state index in [4.69, 9.17) is 5.73 Å². The van der Waals surface area contributed by atoms with E-state index in [1.165, 1.54) is 16.7 Å². The van der Waals surface area contributed by atoms with Crippen LogP contribution in [0.15, 0.2) is 46.9 Å². The van der Waals surface area contributed by atoms with E-state index in [2.05, 4.69) is 59.4 Å². The highest BCUT2D eigenvalue weighted by molar-refractivity contribution is 9.10. The van der Waals surface area contributed by atoms with Gasteiger partial charge in [-0.1, -0.05) is 35.9 Å². The summed E-state index contributed by atoms with van der Waals surface area (Å²) in [6.07, 6.45) is 0. The molecule has 19 heavy (non-hydrogen) atoms. The molecule has 3 N–H and O–H groups in total. The van der Waals surface area contributed by atoms with Gasteiger partial charge in [0.1, 0.15) is 0 Å². The Labute approximate surface area is 123 Å². The highest BCUT2D eigenvalue weighted by Crippen LogP contribution is 2.27. The summed E-state index contributed by atoms with van der Waals surface area (Å²) in [5.41, 5.74) is 10.8. The second kappa shape index (κ2) is 6.22. The van der Waals surface area contributed by atoms with E-state index >= 15 is 0 Å². The smallest absolute Gasteiger partial charge is 0.0639 e. The molecule has 0 heterocycles. The van der Waals surface area contributed by atoms with Crippen LogP contribution < -0.4 is 11.1 Å². The maximum Gasteiger partial charge on any atom is 0.0639 e. The van der Waals surface area contributed by atoms with Gasteiger partial charge in [0.2, 0.25) is 0 Å². The van der Waals surface area contributed by atoms with Crippen molar-refractivity contribution < 1.29 is 0 Å². The molecule has 0 amide bonds. The fourth-order valence-corrected chi connectivity index (χ4v) is 2.56. The minimum atomic E-state index is 0.124. The first-order chi connectivity index (χ1) is 9.11. The van der Waals surface area contributed by atoms with E-state index in [0.717, 1.165) is 10.2 Å². The van der Waals surface area contributed by atoms with Crippen LogP contribution in [0.4, 0.5) is 5.69 Å². The summed E-state index contributed by atoms with van der Waals surface area (Å²) in [6.45, 7) is 4.79. The Morgan fingerprint density at radius 1 is 1.16 bits per heavy atom. The van der Waals surface area contributed by atoms with Gasteiger partial charge in [-0.15, -0.1) is 0 Å². The first-order valence-corrected chi connectivity index (χ1v) is 7.19. The number of anilines is 1. The van der Waals surface area contributed by atoms with E-state index < -0.39 is 0 Å². The normalized spacial score (nSPS) is 12.2. The van der Waals surface area contributed by atoms with Crippen LogP contribution in [0.1, 0.15) is 22.7 Å². The molecule has 2 nitrogen and oxygen atoms in total. The molecule has 0 aliphatic rings. The molecule has 0 saturated carbocycles. The zero-order valence-corrected chi connectivity index (χ0v) is 12.9. The number of nitrogens with two attached hydrogens (primary N) is 1. The monoisotopic (exact) mass is 318 g/mol. The number of hydrogen-bond donors (Lipinski definition) is 2. The number of rotatable bonds is 4. The van der Waals surface area contributed by atoms with Crippen LogP contribution in [0.5, 0.6) is 0 Å². The standard InChI is InChI=1S/C16H19BrN2/c1-11-7-8-12(2)13(9-11)16(10-18)19-15-6-4-3-5-14(15)17/h3-9,16,19H,10,18H2,1-2H3. The predicted molar refractivity (Wildman–Crippen MR) is 85.5 cm³/mol. The quantitative estimate of drug-likeness (QED) is 0.887. The summed E-state index contributed by atoms with van der Waals surface area (Å²) in [7, 11) is 0. The number of aryl methyl sites for hydroxylation is 2. The van der Waals surface area contributed by atoms with E-state index in [1.54, 1.807) is 0 Å². The van der Waals surface area contributed by atoms with Crippen molar-refractivity contribution in [3.05, 3.63) is 63.6 Å². The van der Waals surface area contributed by atoms with Gasteiger partial charge in [0.05, 0.1) is 6.04 Å². The molecule has 0 aliphatic heterocycles. The van der Waals surface area contributed by atoms with E-state index in [1.807, 2.05) is 18.2 Å². The fraction of sp³-hybridized carbons (Fsp3) is 0.250. The summed E-state index contributed by atoms with van der Waals surface area (Å²) >= 11 is 3.56. The van der Waals surface area contributed by atoms with Gasteiger partial charge in [0.15, 0.2) is 0 Å². The Kier molecular flexibility index (Phi) is 4.61. The Balaban J connectivity index is 2.30. The topological polar surface area (TPSA) is 38.0 Å². The second-order valence-electron chi connectivity index (χ2n) is 4.77. The number of benzene rings is 2. The van der Waals surface area contributed by atoms with Crippen molar-refractivity contribution in [2.45, 2.75) is 19.9 Å². The van der Waals surface area contributed by atoms with E-state index in [-0.39, 0.29) is 6.04 Å². The van der Waals surface area contributed by atoms with Crippen LogP contribution in [0.25, 0.3) is 0 Å². The summed E-state index contributed by atoms with van der Waals surface area (Å²) < 4.78 is 1.05. The van der Waals surface area contributed by atoms with Gasteiger partial charge in [0.25, 0.3) is 0 Å². The fourth-order valence-electron chi connectivity index (χ4n) is 2.16. The van der Waals surface area contributed by atoms with Gasteiger partial charge >= 0.3 is 0 Å². The van der Waals surface area contributed by atoms with Crippen LogP contribution in [0.2, 0.25) is 0 Å². The largest absolute Gasteiger partial charge is 0.376 e. The average molecular weight is 319 g/mol. The van der Waals surface area contributed by atoms with Gasteiger partial charge in [-0.25, -0.2) is 0 Å². The van der Waals surface area contributed by atoms with Crippen molar-refractivity contribution in [2.24, 2.45) is 5.73 Å². The minimum Gasteiger partial charge on any atom is -0.376 e. The molecule has 2 aromatic carbocycles. The number of halogens is 1. The van der Waals surface area contributed by atoms with Gasteiger partial charge < -0.3 is 11.1 Å². The number of nitrogens with one attached hydrogen (secondary N) is 1. The average Bonchev–Trinajstić information content (AvgIpc) is 2.41. The van der Waals surface area contributed by atoms with Gasteiger partial charge in [-0.3, -0.25) is 0 Å². The lowest BCUT2D eigenvalue weighted by Gasteiger charge is -2.22. The summed E-state index contributed by atoms with van der Waals surface area (Å²) in [6, 6.07) is 14.7. The predicted octanol–water partition coefficient (Wildman–Crippen LogP) is 4.18. The van der Waals surface area contributed by atoms with Crippen LogP contribution in [-0.4, -0.2) is 6.54 Å². The first kappa shape index (κ1) is 14.1. The second-order valence-corrected chi connectivity index (χ2v) is 5.63. The molecule has 1 unspecified atom stereocenters. The Morgan fingerprint density at radius 2 is 1.89 bits per heavy atom. The van der Waals surface area contributed by atoms with Crippen molar-refractivity contribution in [2.75, 3.05) is 11.9 Å². The lowest BCUT2D eigenvalue weighted by Crippen LogP contribution is -2.21. The van der Waals surface area contributed by atoms with Crippen molar-refractivity contribution in [1.29, 1.82) is 0 Å². The lowest BCUT2D eigenvalue weighted by atomic mass is 9.98. The van der Waals surface area contributed by atoms with Crippen molar-refractivity contribution in [3.8, 4) is 0 Å². The van der Waals surface area contributed by atoms with Gasteiger partial charge in [0, 0.05) is 16.7 Å². The molecule has 100 valence electrons. The Bertz CT molecular complexity index is 566. The van der Waals surface area contributed by atoms with Gasteiger partial charge in [-0.2, -0.15) is 0 Å². The van der Waals surface area contributed by atoms with E-state index in [0.29, 0.717) is 6.54 Å². The number of para-hydroxylation sites is 1.